The largest absolute Gasteiger partial charge is 0.373 e. The fourth-order valence-electron chi connectivity index (χ4n) is 2.47. The summed E-state index contributed by atoms with van der Waals surface area (Å²) in [5.41, 5.74) is 0.783. The molecule has 0 fully saturated rings. The van der Waals surface area contributed by atoms with Crippen LogP contribution in [0.25, 0.3) is 10.8 Å². The smallest absolute Gasteiger partial charge is 0.305 e. The van der Waals surface area contributed by atoms with E-state index in [0.717, 1.165) is 10.0 Å². The van der Waals surface area contributed by atoms with Crippen LogP contribution in [0, 0.1) is 5.82 Å². The van der Waals surface area contributed by atoms with Gasteiger partial charge in [0, 0.05) is 16.1 Å². The van der Waals surface area contributed by atoms with E-state index in [1.54, 1.807) is 18.2 Å². The maximum absolute atomic E-state index is 14.3. The Morgan fingerprint density at radius 1 is 1.08 bits per heavy atom. The molecule has 1 unspecified atom stereocenters. The van der Waals surface area contributed by atoms with Crippen LogP contribution in [-0.4, -0.2) is 10.7 Å². The summed E-state index contributed by atoms with van der Waals surface area (Å²) in [6.45, 7) is 1.89. The van der Waals surface area contributed by atoms with Gasteiger partial charge in [-0.05, 0) is 30.7 Å². The monoisotopic (exact) mass is 389 g/mol. The number of fused-ring (bicyclic) bond motifs is 1. The van der Waals surface area contributed by atoms with E-state index in [1.807, 2.05) is 37.3 Å². The van der Waals surface area contributed by atoms with Crippen LogP contribution in [0.5, 0.6) is 0 Å². The molecule has 0 radical (unpaired) electrons. The van der Waals surface area contributed by atoms with E-state index in [9.17, 15) is 9.18 Å². The van der Waals surface area contributed by atoms with Crippen molar-refractivity contribution < 1.29 is 14.0 Å². The number of benzene rings is 2. The standard InChI is InChI=1S/C17H13BrFNO.CO2/c1-11(12-5-3-2-4-6-12)20-10-16(19)15-9-13(18)7-8-14(15)17(20)21;2-1-3/h2-11H,1H3;. The molecule has 1 aromatic heterocycles. The average molecular weight is 390 g/mol. The summed E-state index contributed by atoms with van der Waals surface area (Å²) in [5, 5.41) is 0.729. The predicted octanol–water partition coefficient (Wildman–Crippen LogP) is 3.93. The second kappa shape index (κ2) is 7.81. The molecule has 2 aromatic carbocycles. The summed E-state index contributed by atoms with van der Waals surface area (Å²) < 4.78 is 16.5. The van der Waals surface area contributed by atoms with E-state index in [1.165, 1.54) is 10.8 Å². The molecular weight excluding hydrogens is 377 g/mol. The van der Waals surface area contributed by atoms with Gasteiger partial charge in [-0.2, -0.15) is 9.59 Å². The van der Waals surface area contributed by atoms with Crippen LogP contribution in [0.1, 0.15) is 18.5 Å². The Kier molecular flexibility index (Phi) is 5.79. The Labute approximate surface area is 145 Å². The predicted molar refractivity (Wildman–Crippen MR) is 91.1 cm³/mol. The molecule has 1 heterocycles. The van der Waals surface area contributed by atoms with Crippen molar-refractivity contribution in [1.82, 2.24) is 4.57 Å². The zero-order valence-electron chi connectivity index (χ0n) is 12.7. The molecule has 0 aliphatic heterocycles. The van der Waals surface area contributed by atoms with Gasteiger partial charge in [-0.1, -0.05) is 46.3 Å². The second-order valence-electron chi connectivity index (χ2n) is 5.05. The lowest BCUT2D eigenvalue weighted by Gasteiger charge is -2.16. The van der Waals surface area contributed by atoms with E-state index in [2.05, 4.69) is 15.9 Å². The van der Waals surface area contributed by atoms with Crippen molar-refractivity contribution in [2.45, 2.75) is 13.0 Å². The van der Waals surface area contributed by atoms with Crippen LogP contribution in [0.4, 0.5) is 4.39 Å². The minimum Gasteiger partial charge on any atom is -0.305 e. The van der Waals surface area contributed by atoms with Crippen molar-refractivity contribution >= 4 is 32.9 Å². The molecule has 0 amide bonds. The summed E-state index contributed by atoms with van der Waals surface area (Å²) >= 11 is 3.30. The van der Waals surface area contributed by atoms with Crippen molar-refractivity contribution in [3.8, 4) is 0 Å². The average Bonchev–Trinajstić information content (AvgIpc) is 2.59. The van der Waals surface area contributed by atoms with Crippen LogP contribution < -0.4 is 5.56 Å². The first kappa shape index (κ1) is 17.8. The molecule has 0 aliphatic carbocycles. The van der Waals surface area contributed by atoms with E-state index < -0.39 is 5.82 Å². The van der Waals surface area contributed by atoms with E-state index in [4.69, 9.17) is 9.59 Å². The highest BCUT2D eigenvalue weighted by atomic mass is 79.9. The Balaban J connectivity index is 0.000000647. The first-order valence-electron chi connectivity index (χ1n) is 7.03. The van der Waals surface area contributed by atoms with Crippen molar-refractivity contribution in [2.24, 2.45) is 0 Å². The van der Waals surface area contributed by atoms with Crippen LogP contribution in [0.3, 0.4) is 0 Å². The first-order valence-corrected chi connectivity index (χ1v) is 7.83. The van der Waals surface area contributed by atoms with E-state index in [0.29, 0.717) is 10.8 Å². The Hall–Kier alpha value is -2.56. The van der Waals surface area contributed by atoms with E-state index in [-0.39, 0.29) is 17.8 Å². The molecule has 3 aromatic rings. The van der Waals surface area contributed by atoms with E-state index >= 15 is 0 Å². The molecule has 0 bridgehead atoms. The minimum atomic E-state index is -0.395. The van der Waals surface area contributed by atoms with Gasteiger partial charge in [0.15, 0.2) is 0 Å². The molecule has 1 atom stereocenters. The number of aromatic nitrogens is 1. The topological polar surface area (TPSA) is 56.1 Å². The molecule has 0 saturated heterocycles. The van der Waals surface area contributed by atoms with Crippen LogP contribution in [-0.2, 0) is 9.59 Å². The van der Waals surface area contributed by atoms with Crippen LogP contribution >= 0.6 is 15.9 Å². The molecule has 122 valence electrons. The lowest BCUT2D eigenvalue weighted by Crippen LogP contribution is -2.24. The molecule has 0 spiro atoms. The summed E-state index contributed by atoms with van der Waals surface area (Å²) in [6.07, 6.45) is 1.54. The molecule has 0 saturated carbocycles. The van der Waals surface area contributed by atoms with Gasteiger partial charge < -0.3 is 4.57 Å². The van der Waals surface area contributed by atoms with Crippen molar-refractivity contribution in [1.29, 1.82) is 0 Å². The molecule has 4 nitrogen and oxygen atoms in total. The van der Waals surface area contributed by atoms with Gasteiger partial charge in [0.2, 0.25) is 0 Å². The zero-order valence-corrected chi connectivity index (χ0v) is 14.3. The van der Waals surface area contributed by atoms with Crippen LogP contribution in [0.2, 0.25) is 0 Å². The lowest BCUT2D eigenvalue weighted by molar-refractivity contribution is -0.191. The number of rotatable bonds is 2. The normalized spacial score (nSPS) is 11.3. The fraction of sp³-hybridized carbons (Fsp3) is 0.111. The number of hydrogen-bond acceptors (Lipinski definition) is 3. The number of halogens is 2. The fourth-order valence-corrected chi connectivity index (χ4v) is 2.83. The molecule has 24 heavy (non-hydrogen) atoms. The molecule has 0 N–H and O–H groups in total. The van der Waals surface area contributed by atoms with Gasteiger partial charge in [-0.15, -0.1) is 0 Å². The third-order valence-corrected chi connectivity index (χ3v) is 4.15. The summed E-state index contributed by atoms with van der Waals surface area (Å²) in [4.78, 5) is 28.8. The van der Waals surface area contributed by atoms with Crippen LogP contribution in [0.15, 0.2) is 64.0 Å². The Morgan fingerprint density at radius 2 is 1.71 bits per heavy atom. The molecule has 6 heteroatoms. The molecule has 3 rings (SSSR count). The first-order chi connectivity index (χ1) is 11.5. The minimum absolute atomic E-state index is 0.185. The molecule has 0 aliphatic rings. The maximum atomic E-state index is 14.3. The highest BCUT2D eigenvalue weighted by Gasteiger charge is 2.14. The van der Waals surface area contributed by atoms with Gasteiger partial charge in [-0.3, -0.25) is 4.79 Å². The summed E-state index contributed by atoms with van der Waals surface area (Å²) in [7, 11) is 0. The summed E-state index contributed by atoms with van der Waals surface area (Å²) in [6, 6.07) is 14.4. The highest BCUT2D eigenvalue weighted by molar-refractivity contribution is 9.10. The summed E-state index contributed by atoms with van der Waals surface area (Å²) in [5.74, 6) is -0.395. The Bertz CT molecular complexity index is 948. The number of carbonyl (C=O) groups excluding carboxylic acids is 2. The maximum Gasteiger partial charge on any atom is 0.373 e. The van der Waals surface area contributed by atoms with Gasteiger partial charge in [-0.25, -0.2) is 4.39 Å². The third-order valence-electron chi connectivity index (χ3n) is 3.66. The van der Waals surface area contributed by atoms with Crippen molar-refractivity contribution in [2.75, 3.05) is 0 Å². The van der Waals surface area contributed by atoms with Gasteiger partial charge in [0.1, 0.15) is 5.82 Å². The third kappa shape index (κ3) is 3.67. The zero-order chi connectivity index (χ0) is 17.7. The van der Waals surface area contributed by atoms with Crippen molar-refractivity contribution in [3.05, 3.63) is 80.9 Å². The Morgan fingerprint density at radius 3 is 2.33 bits per heavy atom. The highest BCUT2D eigenvalue weighted by Crippen LogP contribution is 2.22. The number of pyridine rings is 1. The number of nitrogens with zero attached hydrogens (tertiary/aromatic N) is 1. The van der Waals surface area contributed by atoms with Gasteiger partial charge >= 0.3 is 6.15 Å². The van der Waals surface area contributed by atoms with Gasteiger partial charge in [0.05, 0.1) is 11.4 Å². The SMILES string of the molecule is CC(c1ccccc1)n1cc(F)c2cc(Br)ccc2c1=O.O=C=O. The van der Waals surface area contributed by atoms with Crippen molar-refractivity contribution in [3.63, 3.8) is 0 Å². The van der Waals surface area contributed by atoms with Gasteiger partial charge in [0.25, 0.3) is 5.56 Å². The quantitative estimate of drug-likeness (QED) is 0.667. The molecular formula is C18H13BrFNO3. The lowest BCUT2D eigenvalue weighted by atomic mass is 10.1. The second-order valence-corrected chi connectivity index (χ2v) is 5.97. The number of hydrogen-bond donors (Lipinski definition) is 0.